The molecule has 0 unspecified atom stereocenters. The van der Waals surface area contributed by atoms with Crippen molar-refractivity contribution in [3.05, 3.63) is 58.6 Å². The van der Waals surface area contributed by atoms with Crippen LogP contribution in [-0.4, -0.2) is 16.7 Å². The Hall–Kier alpha value is -2.05. The molecule has 2 aromatic carbocycles. The monoisotopic (exact) mass is 336 g/mol. The number of benzene rings is 2. The molecule has 0 radical (unpaired) electrons. The van der Waals surface area contributed by atoms with Gasteiger partial charge in [0.15, 0.2) is 0 Å². The summed E-state index contributed by atoms with van der Waals surface area (Å²) in [6.45, 7) is 0. The predicted octanol–water partition coefficient (Wildman–Crippen LogP) is 4.31. The van der Waals surface area contributed by atoms with Crippen molar-refractivity contribution in [2.24, 2.45) is 0 Å². The summed E-state index contributed by atoms with van der Waals surface area (Å²) in [5.74, 6) is 0.172. The van der Waals surface area contributed by atoms with Gasteiger partial charge in [-0.25, -0.2) is 0 Å². The van der Waals surface area contributed by atoms with E-state index in [1.54, 1.807) is 24.3 Å². The Bertz CT molecular complexity index is 659. The molecule has 1 N–H and O–H groups in total. The summed E-state index contributed by atoms with van der Waals surface area (Å²) < 4.78 is 0. The molecule has 2 aromatic rings. The van der Waals surface area contributed by atoms with Gasteiger partial charge in [0.05, 0.1) is 4.92 Å². The maximum Gasteiger partial charge on any atom is 0.269 e. The van der Waals surface area contributed by atoms with Crippen LogP contribution in [-0.2, 0) is 4.79 Å². The minimum atomic E-state index is -0.424. The van der Waals surface area contributed by atoms with Crippen LogP contribution in [0.15, 0.2) is 58.3 Å². The van der Waals surface area contributed by atoms with Crippen molar-refractivity contribution >= 4 is 40.6 Å². The molecular formula is C15H13ClN2O3S. The first kappa shape index (κ1) is 16.3. The number of halogens is 1. The zero-order chi connectivity index (χ0) is 15.9. The Labute approximate surface area is 136 Å². The number of amides is 1. The van der Waals surface area contributed by atoms with Gasteiger partial charge in [0.2, 0.25) is 5.91 Å². The van der Waals surface area contributed by atoms with E-state index >= 15 is 0 Å². The highest BCUT2D eigenvalue weighted by Gasteiger charge is 2.05. The average molecular weight is 337 g/mol. The molecule has 0 aliphatic heterocycles. The number of carbonyl (C=O) groups excluding carboxylic acids is 1. The fourth-order valence-corrected chi connectivity index (χ4v) is 2.68. The van der Waals surface area contributed by atoms with Crippen LogP contribution >= 0.6 is 23.4 Å². The van der Waals surface area contributed by atoms with Crippen LogP contribution in [0.5, 0.6) is 0 Å². The lowest BCUT2D eigenvalue weighted by atomic mass is 10.3. The molecule has 0 bridgehead atoms. The number of alkyl halides is 1. The average Bonchev–Trinajstić information content (AvgIpc) is 2.50. The van der Waals surface area contributed by atoms with Crippen molar-refractivity contribution in [2.45, 2.75) is 16.2 Å². The third kappa shape index (κ3) is 4.75. The molecule has 114 valence electrons. The van der Waals surface area contributed by atoms with Gasteiger partial charge < -0.3 is 5.32 Å². The smallest absolute Gasteiger partial charge is 0.269 e. The molecule has 0 saturated carbocycles. The standard InChI is InChI=1S/C15H13ClN2O3S/c16-10-9-15(19)17-11-1-5-13(6-2-11)22-14-7-3-12(4-8-14)18(20)21/h1-8H,9-10H2,(H,17,19). The first-order valence-corrected chi connectivity index (χ1v) is 7.82. The van der Waals surface area contributed by atoms with Crippen molar-refractivity contribution in [2.75, 3.05) is 11.2 Å². The summed E-state index contributed by atoms with van der Waals surface area (Å²) in [6.07, 6.45) is 0.279. The maximum atomic E-state index is 11.4. The van der Waals surface area contributed by atoms with Crippen molar-refractivity contribution in [3.8, 4) is 0 Å². The minimum Gasteiger partial charge on any atom is -0.326 e. The lowest BCUT2D eigenvalue weighted by molar-refractivity contribution is -0.384. The number of carbonyl (C=O) groups is 1. The number of hydrogen-bond donors (Lipinski definition) is 1. The highest BCUT2D eigenvalue weighted by atomic mass is 35.5. The summed E-state index contributed by atoms with van der Waals surface area (Å²) in [4.78, 5) is 23.5. The van der Waals surface area contributed by atoms with E-state index < -0.39 is 4.92 Å². The fourth-order valence-electron chi connectivity index (χ4n) is 1.69. The number of nitro benzene ring substituents is 1. The van der Waals surface area contributed by atoms with E-state index in [-0.39, 0.29) is 18.0 Å². The predicted molar refractivity (Wildman–Crippen MR) is 87.6 cm³/mol. The highest BCUT2D eigenvalue weighted by molar-refractivity contribution is 7.99. The van der Waals surface area contributed by atoms with Gasteiger partial charge in [0, 0.05) is 39.9 Å². The maximum absolute atomic E-state index is 11.4. The SMILES string of the molecule is O=C(CCCl)Nc1ccc(Sc2ccc([N+](=O)[O-])cc2)cc1. The Kier molecular flexibility index (Phi) is 5.80. The third-order valence-corrected chi connectivity index (χ3v) is 3.95. The van der Waals surface area contributed by atoms with Crippen molar-refractivity contribution in [1.29, 1.82) is 0 Å². The summed E-state index contributed by atoms with van der Waals surface area (Å²) in [7, 11) is 0. The van der Waals surface area contributed by atoms with Crippen LogP contribution < -0.4 is 5.32 Å². The molecular weight excluding hydrogens is 324 g/mol. The minimum absolute atomic E-state index is 0.0710. The van der Waals surface area contributed by atoms with Gasteiger partial charge in [0.1, 0.15) is 0 Å². The number of nitro groups is 1. The molecule has 22 heavy (non-hydrogen) atoms. The van der Waals surface area contributed by atoms with Crippen LogP contribution in [0.3, 0.4) is 0 Å². The zero-order valence-corrected chi connectivity index (χ0v) is 13.1. The summed E-state index contributed by atoms with van der Waals surface area (Å²) in [5, 5.41) is 13.3. The summed E-state index contributed by atoms with van der Waals surface area (Å²) in [5.41, 5.74) is 0.782. The van der Waals surface area contributed by atoms with Crippen LogP contribution in [0.25, 0.3) is 0 Å². The topological polar surface area (TPSA) is 72.2 Å². The van der Waals surface area contributed by atoms with Crippen LogP contribution in [0.2, 0.25) is 0 Å². The molecule has 0 fully saturated rings. The molecule has 0 spiro atoms. The van der Waals surface area contributed by atoms with Crippen molar-refractivity contribution in [3.63, 3.8) is 0 Å². The molecule has 0 atom stereocenters. The van der Waals surface area contributed by atoms with E-state index in [9.17, 15) is 14.9 Å². The molecule has 7 heteroatoms. The largest absolute Gasteiger partial charge is 0.326 e. The molecule has 5 nitrogen and oxygen atoms in total. The van der Waals surface area contributed by atoms with E-state index in [4.69, 9.17) is 11.6 Å². The zero-order valence-electron chi connectivity index (χ0n) is 11.5. The quantitative estimate of drug-likeness (QED) is 0.484. The number of anilines is 1. The van der Waals surface area contributed by atoms with Gasteiger partial charge >= 0.3 is 0 Å². The summed E-state index contributed by atoms with van der Waals surface area (Å²) in [6, 6.07) is 13.7. The Morgan fingerprint density at radius 1 is 1.09 bits per heavy atom. The molecule has 2 rings (SSSR count). The van der Waals surface area contributed by atoms with E-state index in [0.717, 1.165) is 9.79 Å². The van der Waals surface area contributed by atoms with Gasteiger partial charge in [-0.3, -0.25) is 14.9 Å². The molecule has 1 amide bonds. The molecule has 0 aromatic heterocycles. The fraction of sp³-hybridized carbons (Fsp3) is 0.133. The Morgan fingerprint density at radius 3 is 2.14 bits per heavy atom. The number of hydrogen-bond acceptors (Lipinski definition) is 4. The van der Waals surface area contributed by atoms with Gasteiger partial charge in [0.25, 0.3) is 5.69 Å². The lowest BCUT2D eigenvalue weighted by Crippen LogP contribution is -2.11. The second kappa shape index (κ2) is 7.82. The Balaban J connectivity index is 1.98. The first-order chi connectivity index (χ1) is 10.6. The van der Waals surface area contributed by atoms with Gasteiger partial charge in [-0.05, 0) is 36.4 Å². The second-order valence-corrected chi connectivity index (χ2v) is 5.89. The van der Waals surface area contributed by atoms with Gasteiger partial charge in [-0.2, -0.15) is 0 Å². The third-order valence-electron chi connectivity index (χ3n) is 2.74. The van der Waals surface area contributed by atoms with E-state index in [0.29, 0.717) is 11.6 Å². The molecule has 0 aliphatic carbocycles. The van der Waals surface area contributed by atoms with E-state index in [1.165, 1.54) is 23.9 Å². The number of nitrogens with one attached hydrogen (secondary N) is 1. The number of rotatable bonds is 6. The second-order valence-electron chi connectivity index (χ2n) is 4.36. The molecule has 0 aliphatic rings. The summed E-state index contributed by atoms with van der Waals surface area (Å²) >= 11 is 6.99. The normalized spacial score (nSPS) is 10.2. The van der Waals surface area contributed by atoms with Crippen LogP contribution in [0.4, 0.5) is 11.4 Å². The van der Waals surface area contributed by atoms with Gasteiger partial charge in [-0.1, -0.05) is 11.8 Å². The van der Waals surface area contributed by atoms with Crippen LogP contribution in [0.1, 0.15) is 6.42 Å². The first-order valence-electron chi connectivity index (χ1n) is 6.46. The van der Waals surface area contributed by atoms with Crippen molar-refractivity contribution in [1.82, 2.24) is 0 Å². The highest BCUT2D eigenvalue weighted by Crippen LogP contribution is 2.29. The number of non-ortho nitro benzene ring substituents is 1. The lowest BCUT2D eigenvalue weighted by Gasteiger charge is -2.06. The Morgan fingerprint density at radius 2 is 1.64 bits per heavy atom. The van der Waals surface area contributed by atoms with Crippen LogP contribution in [0, 0.1) is 10.1 Å². The molecule has 0 heterocycles. The van der Waals surface area contributed by atoms with E-state index in [2.05, 4.69) is 5.32 Å². The molecule has 0 saturated heterocycles. The number of nitrogens with zero attached hydrogens (tertiary/aromatic N) is 1. The van der Waals surface area contributed by atoms with Gasteiger partial charge in [-0.15, -0.1) is 11.6 Å². The van der Waals surface area contributed by atoms with Crippen molar-refractivity contribution < 1.29 is 9.72 Å². The van der Waals surface area contributed by atoms with E-state index in [1.807, 2.05) is 12.1 Å².